The van der Waals surface area contributed by atoms with Gasteiger partial charge in [-0.1, -0.05) is 18.2 Å². The molecule has 0 atom stereocenters. The van der Waals surface area contributed by atoms with Gasteiger partial charge < -0.3 is 9.47 Å². The molecule has 0 radical (unpaired) electrons. The second kappa shape index (κ2) is 6.98. The van der Waals surface area contributed by atoms with Crippen LogP contribution in [0.5, 0.6) is 5.75 Å². The van der Waals surface area contributed by atoms with Crippen LogP contribution in [0.1, 0.15) is 18.1 Å². The maximum atomic E-state index is 12.0. The van der Waals surface area contributed by atoms with Gasteiger partial charge in [0.2, 0.25) is 5.90 Å². The fraction of sp³-hybridized carbons (Fsp3) is 0.0556. The molecule has 8 heteroatoms. The van der Waals surface area contributed by atoms with Gasteiger partial charge in [-0.2, -0.15) is 0 Å². The van der Waals surface area contributed by atoms with Crippen molar-refractivity contribution in [3.05, 3.63) is 75.5 Å². The number of nitrogens with zero attached hydrogens (tertiary/aromatic N) is 2. The summed E-state index contributed by atoms with van der Waals surface area (Å²) >= 11 is 0. The monoisotopic (exact) mass is 352 g/mol. The first-order chi connectivity index (χ1) is 12.4. The number of non-ortho nitro benzene ring substituents is 1. The largest absolute Gasteiger partial charge is 0.427 e. The van der Waals surface area contributed by atoms with E-state index < -0.39 is 16.9 Å². The summed E-state index contributed by atoms with van der Waals surface area (Å²) in [4.78, 5) is 37.3. The second-order valence-electron chi connectivity index (χ2n) is 5.31. The minimum atomic E-state index is -0.657. The third-order valence-electron chi connectivity index (χ3n) is 3.37. The normalized spacial score (nSPS) is 14.7. The minimum Gasteiger partial charge on any atom is -0.427 e. The van der Waals surface area contributed by atoms with Gasteiger partial charge in [-0.05, 0) is 29.8 Å². The smallest absolute Gasteiger partial charge is 0.363 e. The molecule has 0 aliphatic carbocycles. The molecule has 0 saturated carbocycles. The van der Waals surface area contributed by atoms with Crippen molar-refractivity contribution in [1.29, 1.82) is 0 Å². The summed E-state index contributed by atoms with van der Waals surface area (Å²) < 4.78 is 10.0. The van der Waals surface area contributed by atoms with E-state index in [1.165, 1.54) is 31.2 Å². The van der Waals surface area contributed by atoms with Crippen molar-refractivity contribution in [3.8, 4) is 5.75 Å². The van der Waals surface area contributed by atoms with Crippen LogP contribution < -0.4 is 4.74 Å². The Morgan fingerprint density at radius 2 is 1.96 bits per heavy atom. The Hall–Kier alpha value is -3.81. The number of hydrogen-bond donors (Lipinski definition) is 0. The zero-order valence-electron chi connectivity index (χ0n) is 13.5. The van der Waals surface area contributed by atoms with Gasteiger partial charge in [0.15, 0.2) is 5.70 Å². The lowest BCUT2D eigenvalue weighted by Crippen LogP contribution is -2.05. The Morgan fingerprint density at radius 1 is 1.23 bits per heavy atom. The van der Waals surface area contributed by atoms with Gasteiger partial charge >= 0.3 is 11.9 Å². The summed E-state index contributed by atoms with van der Waals surface area (Å²) in [5, 5.41) is 10.8. The number of ether oxygens (including phenoxy) is 2. The first-order valence-electron chi connectivity index (χ1n) is 7.48. The third-order valence-corrected chi connectivity index (χ3v) is 3.37. The van der Waals surface area contributed by atoms with Crippen molar-refractivity contribution in [3.63, 3.8) is 0 Å². The molecule has 0 aromatic heterocycles. The molecule has 130 valence electrons. The first kappa shape index (κ1) is 17.0. The van der Waals surface area contributed by atoms with E-state index in [2.05, 4.69) is 4.99 Å². The van der Waals surface area contributed by atoms with E-state index in [0.717, 1.165) is 0 Å². The van der Waals surface area contributed by atoms with Crippen molar-refractivity contribution in [1.82, 2.24) is 0 Å². The molecule has 1 heterocycles. The Morgan fingerprint density at radius 3 is 2.62 bits per heavy atom. The fourth-order valence-electron chi connectivity index (χ4n) is 2.24. The molecule has 8 nitrogen and oxygen atoms in total. The summed E-state index contributed by atoms with van der Waals surface area (Å²) in [6, 6.07) is 12.1. The van der Waals surface area contributed by atoms with Crippen molar-refractivity contribution < 1.29 is 24.0 Å². The second-order valence-corrected chi connectivity index (χ2v) is 5.31. The molecule has 0 fully saturated rings. The van der Waals surface area contributed by atoms with Gasteiger partial charge in [0.1, 0.15) is 5.75 Å². The number of cyclic esters (lactones) is 1. The molecule has 0 spiro atoms. The molecule has 0 bridgehead atoms. The van der Waals surface area contributed by atoms with Crippen molar-refractivity contribution >= 4 is 29.6 Å². The van der Waals surface area contributed by atoms with Crippen LogP contribution in [-0.4, -0.2) is 22.8 Å². The van der Waals surface area contributed by atoms with Crippen molar-refractivity contribution in [2.45, 2.75) is 6.92 Å². The fourth-order valence-corrected chi connectivity index (χ4v) is 2.24. The Labute approximate surface area is 147 Å². The maximum Gasteiger partial charge on any atom is 0.363 e. The van der Waals surface area contributed by atoms with Crippen LogP contribution in [0.3, 0.4) is 0 Å². The lowest BCUT2D eigenvalue weighted by molar-refractivity contribution is -0.384. The summed E-state index contributed by atoms with van der Waals surface area (Å²) in [6.45, 7) is 1.30. The molecular formula is C18H12N2O6. The molecule has 1 aliphatic rings. The Bertz CT molecular complexity index is 960. The molecule has 3 rings (SSSR count). The molecule has 2 aromatic rings. The van der Waals surface area contributed by atoms with Crippen LogP contribution in [0.15, 0.2) is 59.2 Å². The van der Waals surface area contributed by atoms with E-state index in [-0.39, 0.29) is 17.3 Å². The number of aliphatic imine (C=N–C) groups is 1. The lowest BCUT2D eigenvalue weighted by atomic mass is 10.2. The minimum absolute atomic E-state index is 0.00137. The Kier molecular flexibility index (Phi) is 4.57. The number of esters is 2. The molecule has 0 saturated heterocycles. The summed E-state index contributed by atoms with van der Waals surface area (Å²) in [5.74, 6) is -0.701. The number of rotatable bonds is 4. The number of nitro groups is 1. The molecule has 2 aromatic carbocycles. The van der Waals surface area contributed by atoms with Crippen LogP contribution in [0.4, 0.5) is 5.69 Å². The molecule has 1 aliphatic heterocycles. The van der Waals surface area contributed by atoms with Gasteiger partial charge in [0.25, 0.3) is 5.69 Å². The third kappa shape index (κ3) is 3.81. The maximum absolute atomic E-state index is 12.0. The molecular weight excluding hydrogens is 340 g/mol. The average molecular weight is 352 g/mol. The van der Waals surface area contributed by atoms with E-state index in [0.29, 0.717) is 16.9 Å². The van der Waals surface area contributed by atoms with Crippen LogP contribution >= 0.6 is 0 Å². The van der Waals surface area contributed by atoms with Gasteiger partial charge in [0, 0.05) is 24.6 Å². The predicted molar refractivity (Wildman–Crippen MR) is 91.5 cm³/mol. The number of hydrogen-bond acceptors (Lipinski definition) is 7. The van der Waals surface area contributed by atoms with Crippen LogP contribution in [0.25, 0.3) is 6.08 Å². The lowest BCUT2D eigenvalue weighted by Gasteiger charge is -2.00. The van der Waals surface area contributed by atoms with Gasteiger partial charge in [-0.25, -0.2) is 9.79 Å². The SMILES string of the molecule is CC(=O)Oc1ccc(/C=C2/N=C(c3cccc([N+](=O)[O-])c3)OC2=O)cc1. The number of nitro benzene ring substituents is 1. The highest BCUT2D eigenvalue weighted by Gasteiger charge is 2.25. The number of carbonyl (C=O) groups excluding carboxylic acids is 2. The van der Waals surface area contributed by atoms with E-state index in [1.54, 1.807) is 30.3 Å². The number of carbonyl (C=O) groups is 2. The average Bonchev–Trinajstić information content (AvgIpc) is 2.97. The quantitative estimate of drug-likeness (QED) is 0.275. The zero-order valence-corrected chi connectivity index (χ0v) is 13.5. The predicted octanol–water partition coefficient (Wildman–Crippen LogP) is 2.86. The van der Waals surface area contributed by atoms with Gasteiger partial charge in [-0.3, -0.25) is 14.9 Å². The highest BCUT2D eigenvalue weighted by atomic mass is 16.6. The Balaban J connectivity index is 1.85. The van der Waals surface area contributed by atoms with Crippen LogP contribution in [-0.2, 0) is 14.3 Å². The van der Waals surface area contributed by atoms with E-state index in [1.807, 2.05) is 0 Å². The van der Waals surface area contributed by atoms with E-state index in [9.17, 15) is 19.7 Å². The van der Waals surface area contributed by atoms with Crippen molar-refractivity contribution in [2.75, 3.05) is 0 Å². The first-order valence-corrected chi connectivity index (χ1v) is 7.48. The molecule has 0 amide bonds. The molecule has 0 N–H and O–H groups in total. The van der Waals surface area contributed by atoms with Gasteiger partial charge in [0.05, 0.1) is 4.92 Å². The summed E-state index contributed by atoms with van der Waals surface area (Å²) in [6.07, 6.45) is 1.50. The number of benzene rings is 2. The molecule has 26 heavy (non-hydrogen) atoms. The summed E-state index contributed by atoms with van der Waals surface area (Å²) in [5.41, 5.74) is 0.921. The highest BCUT2D eigenvalue weighted by Crippen LogP contribution is 2.22. The van der Waals surface area contributed by atoms with Crippen LogP contribution in [0.2, 0.25) is 0 Å². The zero-order chi connectivity index (χ0) is 18.7. The van der Waals surface area contributed by atoms with Crippen LogP contribution in [0, 0.1) is 10.1 Å². The molecule has 0 unspecified atom stereocenters. The topological polar surface area (TPSA) is 108 Å². The van der Waals surface area contributed by atoms with Gasteiger partial charge in [-0.15, -0.1) is 0 Å². The summed E-state index contributed by atoms with van der Waals surface area (Å²) in [7, 11) is 0. The van der Waals surface area contributed by atoms with E-state index >= 15 is 0 Å². The van der Waals surface area contributed by atoms with Crippen molar-refractivity contribution in [2.24, 2.45) is 4.99 Å². The highest BCUT2D eigenvalue weighted by molar-refractivity contribution is 6.13. The van der Waals surface area contributed by atoms with E-state index in [4.69, 9.17) is 9.47 Å². The standard InChI is InChI=1S/C18H12N2O6/c1-11(21)25-15-7-5-12(6-8-15)9-16-18(22)26-17(19-16)13-3-2-4-14(10-13)20(23)24/h2-10H,1H3/b16-9+.